The van der Waals surface area contributed by atoms with Crippen molar-refractivity contribution < 1.29 is 19.4 Å². The number of alkyl carbamates (subject to hydrolysis) is 1. The van der Waals surface area contributed by atoms with E-state index in [1.54, 1.807) is 6.92 Å². The molecular formula is C9H13N3O4. The molecule has 1 amide bonds. The monoisotopic (exact) mass is 227 g/mol. The second kappa shape index (κ2) is 5.74. The summed E-state index contributed by atoms with van der Waals surface area (Å²) in [5.74, 6) is -1.12. The largest absolute Gasteiger partial charge is 0.480 e. The number of amides is 1. The number of nitrogens with zero attached hydrogens (tertiary/aromatic N) is 1. The molecule has 88 valence electrons. The Morgan fingerprint density at radius 3 is 2.94 bits per heavy atom. The highest BCUT2D eigenvalue weighted by Crippen LogP contribution is 1.99. The van der Waals surface area contributed by atoms with Crippen LogP contribution >= 0.6 is 0 Å². The third-order valence-corrected chi connectivity index (χ3v) is 1.84. The molecule has 0 aliphatic heterocycles. The Kier molecular flexibility index (Phi) is 4.31. The maximum atomic E-state index is 11.1. The van der Waals surface area contributed by atoms with Crippen LogP contribution in [-0.4, -0.2) is 39.8 Å². The first-order valence-electron chi connectivity index (χ1n) is 4.76. The van der Waals surface area contributed by atoms with Crippen LogP contribution in [0.25, 0.3) is 0 Å². The number of rotatable bonds is 5. The van der Waals surface area contributed by atoms with Gasteiger partial charge in [0.05, 0.1) is 12.9 Å². The third kappa shape index (κ3) is 3.60. The summed E-state index contributed by atoms with van der Waals surface area (Å²) in [5.41, 5.74) is 0.629. The number of carbonyl (C=O) groups excluding carboxylic acids is 1. The zero-order valence-electron chi connectivity index (χ0n) is 8.77. The number of hydrogen-bond donors (Lipinski definition) is 3. The van der Waals surface area contributed by atoms with Crippen molar-refractivity contribution >= 4 is 12.1 Å². The molecule has 1 aromatic heterocycles. The Hall–Kier alpha value is -2.05. The predicted molar refractivity (Wildman–Crippen MR) is 53.9 cm³/mol. The molecule has 0 unspecified atom stereocenters. The van der Waals surface area contributed by atoms with Gasteiger partial charge in [-0.15, -0.1) is 0 Å². The zero-order valence-corrected chi connectivity index (χ0v) is 8.77. The summed E-state index contributed by atoms with van der Waals surface area (Å²) in [6.45, 7) is 1.84. The van der Waals surface area contributed by atoms with Crippen molar-refractivity contribution in [2.24, 2.45) is 0 Å². The van der Waals surface area contributed by atoms with Crippen LogP contribution in [0.3, 0.4) is 0 Å². The lowest BCUT2D eigenvalue weighted by atomic mass is 10.2. The summed E-state index contributed by atoms with van der Waals surface area (Å²) in [6, 6.07) is -1.03. The van der Waals surface area contributed by atoms with Crippen molar-refractivity contribution in [3.05, 3.63) is 18.2 Å². The molecule has 0 radical (unpaired) electrons. The molecule has 0 aliphatic rings. The number of carboxylic acids is 1. The fourth-order valence-corrected chi connectivity index (χ4v) is 1.13. The quantitative estimate of drug-likeness (QED) is 0.664. The normalized spacial score (nSPS) is 11.8. The molecule has 0 spiro atoms. The molecule has 3 N–H and O–H groups in total. The van der Waals surface area contributed by atoms with Crippen molar-refractivity contribution in [2.75, 3.05) is 6.61 Å². The summed E-state index contributed by atoms with van der Waals surface area (Å²) in [4.78, 5) is 28.4. The standard InChI is InChI=1S/C9H13N3O4/c1-2-16-9(15)12-7(8(13)14)3-6-4-10-5-11-6/h4-5,7H,2-3H2,1H3,(H,10,11)(H,12,15)(H,13,14)/t7-/m1/s1. The highest BCUT2D eigenvalue weighted by Gasteiger charge is 2.21. The zero-order chi connectivity index (χ0) is 12.0. The van der Waals surface area contributed by atoms with Crippen LogP contribution in [0.1, 0.15) is 12.6 Å². The van der Waals surface area contributed by atoms with Crippen LogP contribution in [0.15, 0.2) is 12.5 Å². The van der Waals surface area contributed by atoms with E-state index in [9.17, 15) is 9.59 Å². The lowest BCUT2D eigenvalue weighted by Gasteiger charge is -2.12. The average Bonchev–Trinajstić information content (AvgIpc) is 2.69. The second-order valence-corrected chi connectivity index (χ2v) is 3.04. The Morgan fingerprint density at radius 1 is 1.69 bits per heavy atom. The first-order chi connectivity index (χ1) is 7.63. The number of nitrogens with one attached hydrogen (secondary N) is 2. The van der Waals surface area contributed by atoms with Gasteiger partial charge in [0.15, 0.2) is 0 Å². The van der Waals surface area contributed by atoms with E-state index in [4.69, 9.17) is 5.11 Å². The van der Waals surface area contributed by atoms with Gasteiger partial charge in [-0.1, -0.05) is 0 Å². The van der Waals surface area contributed by atoms with Gasteiger partial charge in [-0.2, -0.15) is 0 Å². The molecule has 16 heavy (non-hydrogen) atoms. The van der Waals surface area contributed by atoms with Gasteiger partial charge >= 0.3 is 12.1 Å². The highest BCUT2D eigenvalue weighted by molar-refractivity contribution is 5.80. The lowest BCUT2D eigenvalue weighted by Crippen LogP contribution is -2.42. The minimum absolute atomic E-state index is 0.133. The van der Waals surface area contributed by atoms with E-state index < -0.39 is 18.1 Å². The first kappa shape index (κ1) is 12.0. The summed E-state index contributed by atoms with van der Waals surface area (Å²) in [5, 5.41) is 11.1. The van der Waals surface area contributed by atoms with Gasteiger partial charge in [-0.25, -0.2) is 14.6 Å². The first-order valence-corrected chi connectivity index (χ1v) is 4.76. The molecule has 1 aromatic rings. The van der Waals surface area contributed by atoms with E-state index in [2.05, 4.69) is 20.0 Å². The molecule has 1 atom stereocenters. The number of carbonyl (C=O) groups is 2. The van der Waals surface area contributed by atoms with Crippen LogP contribution in [0.4, 0.5) is 4.79 Å². The van der Waals surface area contributed by atoms with Crippen LogP contribution in [0.5, 0.6) is 0 Å². The Balaban J connectivity index is 2.54. The van der Waals surface area contributed by atoms with E-state index in [0.29, 0.717) is 5.69 Å². The van der Waals surface area contributed by atoms with E-state index in [1.807, 2.05) is 0 Å². The van der Waals surface area contributed by atoms with Crippen LogP contribution < -0.4 is 5.32 Å². The van der Waals surface area contributed by atoms with Crippen LogP contribution in [0.2, 0.25) is 0 Å². The van der Waals surface area contributed by atoms with E-state index in [1.165, 1.54) is 12.5 Å². The van der Waals surface area contributed by atoms with Gasteiger partial charge in [-0.3, -0.25) is 0 Å². The minimum atomic E-state index is -1.12. The SMILES string of the molecule is CCOC(=O)N[C@H](Cc1cnc[nH]1)C(=O)O. The fraction of sp³-hybridized carbons (Fsp3) is 0.444. The Morgan fingerprint density at radius 2 is 2.44 bits per heavy atom. The number of ether oxygens (including phenoxy) is 1. The Labute approximate surface area is 91.8 Å². The van der Waals surface area contributed by atoms with Gasteiger partial charge in [0, 0.05) is 18.3 Å². The van der Waals surface area contributed by atoms with Gasteiger partial charge in [-0.05, 0) is 6.92 Å². The van der Waals surface area contributed by atoms with Crippen LogP contribution in [-0.2, 0) is 16.0 Å². The van der Waals surface area contributed by atoms with Crippen LogP contribution in [0, 0.1) is 0 Å². The molecular weight excluding hydrogens is 214 g/mol. The topological polar surface area (TPSA) is 104 Å². The number of carboxylic acid groups (broad SMARTS) is 1. The molecule has 0 fully saturated rings. The molecule has 7 heteroatoms. The number of aliphatic carboxylic acids is 1. The van der Waals surface area contributed by atoms with Gasteiger partial charge in [0.1, 0.15) is 6.04 Å². The summed E-state index contributed by atoms with van der Waals surface area (Å²) in [7, 11) is 0. The van der Waals surface area contributed by atoms with E-state index in [0.717, 1.165) is 0 Å². The Bertz CT molecular complexity index is 350. The summed E-state index contributed by atoms with van der Waals surface area (Å²) in [6.07, 6.45) is 2.34. The predicted octanol–water partition coefficient (Wildman–Crippen LogP) is 0.151. The van der Waals surface area contributed by atoms with Crippen molar-refractivity contribution in [2.45, 2.75) is 19.4 Å². The summed E-state index contributed by atoms with van der Waals surface area (Å²) >= 11 is 0. The molecule has 0 aromatic carbocycles. The molecule has 7 nitrogen and oxygen atoms in total. The number of hydrogen-bond acceptors (Lipinski definition) is 4. The van der Waals surface area contributed by atoms with E-state index >= 15 is 0 Å². The second-order valence-electron chi connectivity index (χ2n) is 3.04. The molecule has 0 aliphatic carbocycles. The van der Waals surface area contributed by atoms with Crippen molar-refractivity contribution in [1.29, 1.82) is 0 Å². The number of imidazole rings is 1. The lowest BCUT2D eigenvalue weighted by molar-refractivity contribution is -0.139. The molecule has 0 bridgehead atoms. The minimum Gasteiger partial charge on any atom is -0.480 e. The number of H-pyrrole nitrogens is 1. The van der Waals surface area contributed by atoms with Crippen molar-refractivity contribution in [3.63, 3.8) is 0 Å². The van der Waals surface area contributed by atoms with Gasteiger partial charge in [0.25, 0.3) is 0 Å². The number of aromatic amines is 1. The molecule has 1 rings (SSSR count). The van der Waals surface area contributed by atoms with Gasteiger partial charge < -0.3 is 20.1 Å². The smallest absolute Gasteiger partial charge is 0.407 e. The van der Waals surface area contributed by atoms with Crippen molar-refractivity contribution in [1.82, 2.24) is 15.3 Å². The maximum Gasteiger partial charge on any atom is 0.407 e. The molecule has 1 heterocycles. The third-order valence-electron chi connectivity index (χ3n) is 1.84. The van der Waals surface area contributed by atoms with Crippen molar-refractivity contribution in [3.8, 4) is 0 Å². The summed E-state index contributed by atoms with van der Waals surface area (Å²) < 4.78 is 4.60. The maximum absolute atomic E-state index is 11.1. The fourth-order valence-electron chi connectivity index (χ4n) is 1.13. The van der Waals surface area contributed by atoms with Gasteiger partial charge in [0.2, 0.25) is 0 Å². The van der Waals surface area contributed by atoms with E-state index in [-0.39, 0.29) is 13.0 Å². The molecule has 0 saturated heterocycles. The number of aromatic nitrogens is 2. The highest BCUT2D eigenvalue weighted by atomic mass is 16.5. The average molecular weight is 227 g/mol. The molecule has 0 saturated carbocycles.